The van der Waals surface area contributed by atoms with E-state index < -0.39 is 0 Å². The van der Waals surface area contributed by atoms with Gasteiger partial charge in [0.05, 0.1) is 15.9 Å². The van der Waals surface area contributed by atoms with E-state index in [0.29, 0.717) is 0 Å². The summed E-state index contributed by atoms with van der Waals surface area (Å²) in [4.78, 5) is 2.46. The van der Waals surface area contributed by atoms with Crippen LogP contribution in [0.3, 0.4) is 0 Å². The maximum Gasteiger partial charge on any atom is 0.0739 e. The molecule has 0 radical (unpaired) electrons. The first-order valence-electron chi connectivity index (χ1n) is 6.15. The zero-order valence-corrected chi connectivity index (χ0v) is 12.8. The summed E-state index contributed by atoms with van der Waals surface area (Å²) < 4.78 is 3.12. The molecule has 0 fully saturated rings. The Morgan fingerprint density at radius 1 is 1.41 bits per heavy atom. The average Bonchev–Trinajstić information content (AvgIpc) is 2.53. The summed E-state index contributed by atoms with van der Waals surface area (Å²) in [7, 11) is 4.00. The van der Waals surface area contributed by atoms with Crippen LogP contribution in [-0.2, 0) is 13.6 Å². The van der Waals surface area contributed by atoms with Gasteiger partial charge >= 0.3 is 0 Å². The number of likely N-dealkylation sites (N-methyl/N-ethyl adjacent to an activating group) is 1. The van der Waals surface area contributed by atoms with Gasteiger partial charge in [-0.1, -0.05) is 6.92 Å². The zero-order valence-electron chi connectivity index (χ0n) is 11.3. The Balaban J connectivity index is 2.70. The van der Waals surface area contributed by atoms with Crippen LogP contribution < -0.4 is 5.32 Å². The van der Waals surface area contributed by atoms with Crippen molar-refractivity contribution in [1.82, 2.24) is 20.0 Å². The van der Waals surface area contributed by atoms with Gasteiger partial charge in [-0.15, -0.1) is 0 Å². The monoisotopic (exact) mass is 302 g/mol. The summed E-state index contributed by atoms with van der Waals surface area (Å²) in [6.45, 7) is 8.42. The number of hydrogen-bond donors (Lipinski definition) is 1. The second-order valence-electron chi connectivity index (χ2n) is 4.35. The van der Waals surface area contributed by atoms with Gasteiger partial charge in [0.25, 0.3) is 0 Å². The first kappa shape index (κ1) is 14.7. The van der Waals surface area contributed by atoms with Crippen molar-refractivity contribution >= 4 is 15.9 Å². The van der Waals surface area contributed by atoms with E-state index in [1.54, 1.807) is 0 Å². The van der Waals surface area contributed by atoms with Crippen molar-refractivity contribution < 1.29 is 0 Å². The number of rotatable bonds is 7. The van der Waals surface area contributed by atoms with Crippen molar-refractivity contribution in [2.24, 2.45) is 7.05 Å². The topological polar surface area (TPSA) is 33.1 Å². The minimum Gasteiger partial charge on any atom is -0.318 e. The molecule has 0 aliphatic carbocycles. The van der Waals surface area contributed by atoms with Gasteiger partial charge in [0.15, 0.2) is 0 Å². The minimum absolute atomic E-state index is 0.952. The van der Waals surface area contributed by atoms with Gasteiger partial charge in [-0.05, 0) is 42.9 Å². The Bertz CT molecular complexity index is 349. The molecule has 5 heteroatoms. The largest absolute Gasteiger partial charge is 0.318 e. The third-order valence-electron chi connectivity index (χ3n) is 2.85. The molecule has 1 heterocycles. The van der Waals surface area contributed by atoms with E-state index in [2.05, 4.69) is 38.2 Å². The third kappa shape index (κ3) is 4.08. The number of aromatic nitrogens is 2. The van der Waals surface area contributed by atoms with Gasteiger partial charge in [0, 0.05) is 26.7 Å². The van der Waals surface area contributed by atoms with Gasteiger partial charge < -0.3 is 5.32 Å². The summed E-state index contributed by atoms with van der Waals surface area (Å²) in [5.41, 5.74) is 2.32. The van der Waals surface area contributed by atoms with Crippen LogP contribution in [0.25, 0.3) is 0 Å². The van der Waals surface area contributed by atoms with Crippen molar-refractivity contribution in [1.29, 1.82) is 0 Å². The Morgan fingerprint density at radius 2 is 2.12 bits per heavy atom. The first-order valence-corrected chi connectivity index (χ1v) is 6.94. The number of hydrogen-bond acceptors (Lipinski definition) is 3. The van der Waals surface area contributed by atoms with Gasteiger partial charge in [-0.3, -0.25) is 9.58 Å². The van der Waals surface area contributed by atoms with Crippen molar-refractivity contribution in [3.63, 3.8) is 0 Å². The summed E-state index contributed by atoms with van der Waals surface area (Å²) in [5, 5.41) is 7.63. The fourth-order valence-electron chi connectivity index (χ4n) is 1.92. The van der Waals surface area contributed by atoms with E-state index in [0.717, 1.165) is 36.3 Å². The Kier molecular flexibility index (Phi) is 6.16. The highest BCUT2D eigenvalue weighted by Gasteiger charge is 2.13. The highest BCUT2D eigenvalue weighted by atomic mass is 79.9. The van der Waals surface area contributed by atoms with Crippen LogP contribution in [0.15, 0.2) is 4.47 Å². The molecule has 0 unspecified atom stereocenters. The maximum atomic E-state index is 4.43. The van der Waals surface area contributed by atoms with Crippen LogP contribution in [-0.4, -0.2) is 41.4 Å². The highest BCUT2D eigenvalue weighted by molar-refractivity contribution is 9.10. The molecule has 0 spiro atoms. The second kappa shape index (κ2) is 7.13. The van der Waals surface area contributed by atoms with E-state index in [1.807, 2.05) is 25.7 Å². The lowest BCUT2D eigenvalue weighted by Gasteiger charge is -2.21. The molecule has 1 rings (SSSR count). The highest BCUT2D eigenvalue weighted by Crippen LogP contribution is 2.21. The standard InChI is InChI=1S/C12H23BrN4/c1-5-7-17(8-6-14-3)9-11-12(13)10(2)15-16(11)4/h14H,5-9H2,1-4H3. The number of aryl methyl sites for hydroxylation is 2. The third-order valence-corrected chi connectivity index (χ3v) is 3.88. The molecule has 1 N–H and O–H groups in total. The smallest absolute Gasteiger partial charge is 0.0739 e. The maximum absolute atomic E-state index is 4.43. The number of nitrogens with zero attached hydrogens (tertiary/aromatic N) is 3. The lowest BCUT2D eigenvalue weighted by molar-refractivity contribution is 0.260. The van der Waals surface area contributed by atoms with Crippen LogP contribution in [0.2, 0.25) is 0 Å². The van der Waals surface area contributed by atoms with E-state index in [9.17, 15) is 0 Å². The molecule has 0 bridgehead atoms. The predicted octanol–water partition coefficient (Wildman–Crippen LogP) is 1.92. The zero-order chi connectivity index (χ0) is 12.8. The molecule has 98 valence electrons. The van der Waals surface area contributed by atoms with Crippen molar-refractivity contribution in [3.8, 4) is 0 Å². The van der Waals surface area contributed by atoms with Gasteiger partial charge in [0.1, 0.15) is 0 Å². The molecule has 17 heavy (non-hydrogen) atoms. The van der Waals surface area contributed by atoms with Gasteiger partial charge in [-0.2, -0.15) is 5.10 Å². The van der Waals surface area contributed by atoms with Crippen LogP contribution in [0.4, 0.5) is 0 Å². The molecule has 0 aromatic carbocycles. The van der Waals surface area contributed by atoms with Crippen molar-refractivity contribution in [2.75, 3.05) is 26.7 Å². The Labute approximate surface area is 113 Å². The molecule has 0 aliphatic rings. The average molecular weight is 303 g/mol. The van der Waals surface area contributed by atoms with E-state index in [1.165, 1.54) is 12.1 Å². The summed E-state index contributed by atoms with van der Waals surface area (Å²) in [5.74, 6) is 0. The van der Waals surface area contributed by atoms with Crippen LogP contribution in [0, 0.1) is 6.92 Å². The molecular weight excluding hydrogens is 280 g/mol. The molecule has 0 amide bonds. The normalized spacial score (nSPS) is 11.4. The minimum atomic E-state index is 0.952. The predicted molar refractivity (Wildman–Crippen MR) is 75.1 cm³/mol. The number of halogens is 1. The molecule has 0 aliphatic heterocycles. The Morgan fingerprint density at radius 3 is 2.59 bits per heavy atom. The van der Waals surface area contributed by atoms with Crippen molar-refractivity contribution in [2.45, 2.75) is 26.8 Å². The lowest BCUT2D eigenvalue weighted by Crippen LogP contribution is -2.31. The van der Waals surface area contributed by atoms with Gasteiger partial charge in [-0.25, -0.2) is 0 Å². The molecule has 0 atom stereocenters. The van der Waals surface area contributed by atoms with Crippen LogP contribution in [0.5, 0.6) is 0 Å². The molecule has 1 aromatic heterocycles. The molecule has 0 saturated carbocycles. The van der Waals surface area contributed by atoms with Crippen molar-refractivity contribution in [3.05, 3.63) is 15.9 Å². The fourth-order valence-corrected chi connectivity index (χ4v) is 2.38. The van der Waals surface area contributed by atoms with Gasteiger partial charge in [0.2, 0.25) is 0 Å². The summed E-state index contributed by atoms with van der Waals surface area (Å²) in [6, 6.07) is 0. The molecule has 1 aromatic rings. The molecular formula is C12H23BrN4. The fraction of sp³-hybridized carbons (Fsp3) is 0.750. The van der Waals surface area contributed by atoms with E-state index >= 15 is 0 Å². The van der Waals surface area contributed by atoms with Crippen LogP contribution in [0.1, 0.15) is 24.7 Å². The van der Waals surface area contributed by atoms with Crippen LogP contribution >= 0.6 is 15.9 Å². The van der Waals surface area contributed by atoms with E-state index in [4.69, 9.17) is 0 Å². The second-order valence-corrected chi connectivity index (χ2v) is 5.14. The van der Waals surface area contributed by atoms with E-state index in [-0.39, 0.29) is 0 Å². The SMILES string of the molecule is CCCN(CCNC)Cc1c(Br)c(C)nn1C. The Hall–Kier alpha value is -0.390. The first-order chi connectivity index (χ1) is 8.10. The quantitative estimate of drug-likeness (QED) is 0.835. The summed E-state index contributed by atoms with van der Waals surface area (Å²) in [6.07, 6.45) is 1.18. The lowest BCUT2D eigenvalue weighted by atomic mass is 10.3. The molecule has 0 saturated heterocycles. The number of nitrogens with one attached hydrogen (secondary N) is 1. The molecule has 4 nitrogen and oxygen atoms in total. The summed E-state index contributed by atoms with van der Waals surface area (Å²) >= 11 is 3.62.